The molecular formula is C23H18F4N2O3S. The van der Waals surface area contributed by atoms with Crippen LogP contribution in [0.3, 0.4) is 0 Å². The summed E-state index contributed by atoms with van der Waals surface area (Å²) in [6.07, 6.45) is 0. The highest BCUT2D eigenvalue weighted by Gasteiger charge is 2.23. The molecule has 0 saturated heterocycles. The van der Waals surface area contributed by atoms with Crippen LogP contribution in [0, 0.1) is 23.3 Å². The van der Waals surface area contributed by atoms with E-state index in [-0.39, 0.29) is 12.0 Å². The Morgan fingerprint density at radius 1 is 0.909 bits per heavy atom. The van der Waals surface area contributed by atoms with Crippen LogP contribution < -0.4 is 15.4 Å². The summed E-state index contributed by atoms with van der Waals surface area (Å²) in [4.78, 5) is 25.3. The third-order valence-corrected chi connectivity index (χ3v) is 5.58. The van der Waals surface area contributed by atoms with Gasteiger partial charge in [0.25, 0.3) is 5.91 Å². The molecule has 0 spiro atoms. The summed E-state index contributed by atoms with van der Waals surface area (Å²) in [5.74, 6) is -7.24. The number of methoxy groups -OCH3 is 1. The van der Waals surface area contributed by atoms with E-state index >= 15 is 0 Å². The molecule has 0 aliphatic carbocycles. The van der Waals surface area contributed by atoms with Gasteiger partial charge in [-0.1, -0.05) is 6.07 Å². The fraction of sp³-hybridized carbons (Fsp3) is 0.130. The number of thioether (sulfide) groups is 1. The molecule has 5 nitrogen and oxygen atoms in total. The predicted octanol–water partition coefficient (Wildman–Crippen LogP) is 5.62. The maximum Gasteiger partial charge on any atom is 0.255 e. The first-order valence-electron chi connectivity index (χ1n) is 9.55. The van der Waals surface area contributed by atoms with E-state index in [0.717, 1.165) is 11.8 Å². The van der Waals surface area contributed by atoms with E-state index in [2.05, 4.69) is 5.32 Å². The molecule has 0 heterocycles. The number of halogens is 4. The van der Waals surface area contributed by atoms with E-state index in [0.29, 0.717) is 21.9 Å². The molecule has 0 bridgehead atoms. The SMILES string of the molecule is COc1ccc(C(=O)Nc2cccc(SC(C)C(=O)Nc3c(F)c(F)cc(F)c3F)c2)cc1. The lowest BCUT2D eigenvalue weighted by molar-refractivity contribution is -0.115. The van der Waals surface area contributed by atoms with Crippen molar-refractivity contribution in [3.05, 3.63) is 83.4 Å². The average Bonchev–Trinajstić information content (AvgIpc) is 2.80. The summed E-state index contributed by atoms with van der Waals surface area (Å²) in [5, 5.41) is 3.73. The second kappa shape index (κ2) is 10.4. The predicted molar refractivity (Wildman–Crippen MR) is 118 cm³/mol. The lowest BCUT2D eigenvalue weighted by Gasteiger charge is -2.14. The number of carbonyl (C=O) groups excluding carboxylic acids is 2. The van der Waals surface area contributed by atoms with Crippen LogP contribution >= 0.6 is 11.8 Å². The second-order valence-corrected chi connectivity index (χ2v) is 8.22. The van der Waals surface area contributed by atoms with Crippen LogP contribution in [0.15, 0.2) is 59.5 Å². The Kier molecular flexibility index (Phi) is 7.59. The van der Waals surface area contributed by atoms with Crippen LogP contribution in [-0.4, -0.2) is 24.2 Å². The summed E-state index contributed by atoms with van der Waals surface area (Å²) >= 11 is 1.02. The Hall–Kier alpha value is -3.53. The van der Waals surface area contributed by atoms with Crippen LogP contribution in [-0.2, 0) is 4.79 Å². The Balaban J connectivity index is 1.67. The van der Waals surface area contributed by atoms with E-state index in [1.807, 2.05) is 5.32 Å². The molecule has 172 valence electrons. The van der Waals surface area contributed by atoms with Crippen molar-refractivity contribution in [2.24, 2.45) is 0 Å². The average molecular weight is 478 g/mol. The summed E-state index contributed by atoms with van der Waals surface area (Å²) in [6.45, 7) is 1.45. The van der Waals surface area contributed by atoms with Crippen molar-refractivity contribution in [1.82, 2.24) is 0 Å². The fourth-order valence-electron chi connectivity index (χ4n) is 2.76. The lowest BCUT2D eigenvalue weighted by Crippen LogP contribution is -2.24. The third-order valence-electron chi connectivity index (χ3n) is 4.49. The van der Waals surface area contributed by atoms with Gasteiger partial charge in [0.2, 0.25) is 5.91 Å². The van der Waals surface area contributed by atoms with Crippen molar-refractivity contribution in [1.29, 1.82) is 0 Å². The largest absolute Gasteiger partial charge is 0.497 e. The van der Waals surface area contributed by atoms with Crippen molar-refractivity contribution in [3.63, 3.8) is 0 Å². The number of hydrogen-bond donors (Lipinski definition) is 2. The van der Waals surface area contributed by atoms with Gasteiger partial charge < -0.3 is 15.4 Å². The number of carbonyl (C=O) groups is 2. The lowest BCUT2D eigenvalue weighted by atomic mass is 10.2. The summed E-state index contributed by atoms with van der Waals surface area (Å²) in [6, 6.07) is 13.1. The molecular weight excluding hydrogens is 460 g/mol. The van der Waals surface area contributed by atoms with Crippen molar-refractivity contribution in [2.45, 2.75) is 17.1 Å². The van der Waals surface area contributed by atoms with Crippen molar-refractivity contribution < 1.29 is 31.9 Å². The van der Waals surface area contributed by atoms with Crippen LogP contribution in [0.25, 0.3) is 0 Å². The van der Waals surface area contributed by atoms with Gasteiger partial charge in [0.05, 0.1) is 12.4 Å². The smallest absolute Gasteiger partial charge is 0.255 e. The molecule has 3 aromatic carbocycles. The first kappa shape index (κ1) is 24.1. The van der Waals surface area contributed by atoms with Gasteiger partial charge in [-0.2, -0.15) is 0 Å². The summed E-state index contributed by atoms with van der Waals surface area (Å²) < 4.78 is 59.4. The van der Waals surface area contributed by atoms with Gasteiger partial charge in [-0.05, 0) is 49.4 Å². The Morgan fingerprint density at radius 2 is 1.55 bits per heavy atom. The molecule has 0 aromatic heterocycles. The highest BCUT2D eigenvalue weighted by Crippen LogP contribution is 2.29. The highest BCUT2D eigenvalue weighted by atomic mass is 32.2. The molecule has 10 heteroatoms. The minimum Gasteiger partial charge on any atom is -0.497 e. The molecule has 1 atom stereocenters. The molecule has 3 rings (SSSR count). The van der Waals surface area contributed by atoms with Crippen molar-refractivity contribution >= 4 is 35.0 Å². The zero-order valence-corrected chi connectivity index (χ0v) is 18.2. The van der Waals surface area contributed by atoms with Gasteiger partial charge in [-0.3, -0.25) is 9.59 Å². The number of nitrogens with one attached hydrogen (secondary N) is 2. The van der Waals surface area contributed by atoms with E-state index in [1.165, 1.54) is 14.0 Å². The number of benzene rings is 3. The Bertz CT molecular complexity index is 1160. The number of rotatable bonds is 7. The molecule has 0 aliphatic rings. The number of amides is 2. The Labute approximate surface area is 191 Å². The number of anilines is 2. The normalized spacial score (nSPS) is 11.6. The molecule has 2 N–H and O–H groups in total. The van der Waals surface area contributed by atoms with Gasteiger partial charge in [0.1, 0.15) is 11.4 Å². The topological polar surface area (TPSA) is 67.4 Å². The maximum absolute atomic E-state index is 13.8. The van der Waals surface area contributed by atoms with Crippen LogP contribution in [0.1, 0.15) is 17.3 Å². The van der Waals surface area contributed by atoms with Crippen molar-refractivity contribution in [3.8, 4) is 5.75 Å². The Morgan fingerprint density at radius 3 is 2.15 bits per heavy atom. The zero-order chi connectivity index (χ0) is 24.1. The number of hydrogen-bond acceptors (Lipinski definition) is 4. The van der Waals surface area contributed by atoms with E-state index < -0.39 is 40.1 Å². The molecule has 2 amide bonds. The molecule has 3 aromatic rings. The van der Waals surface area contributed by atoms with E-state index in [9.17, 15) is 27.2 Å². The van der Waals surface area contributed by atoms with Gasteiger partial charge in [0, 0.05) is 22.2 Å². The molecule has 0 aliphatic heterocycles. The van der Waals surface area contributed by atoms with Crippen molar-refractivity contribution in [2.75, 3.05) is 17.7 Å². The van der Waals surface area contributed by atoms with Crippen LogP contribution in [0.5, 0.6) is 5.75 Å². The first-order valence-corrected chi connectivity index (χ1v) is 10.4. The summed E-state index contributed by atoms with van der Waals surface area (Å²) in [5.41, 5.74) is -0.323. The van der Waals surface area contributed by atoms with Gasteiger partial charge >= 0.3 is 0 Å². The quantitative estimate of drug-likeness (QED) is 0.263. The van der Waals surface area contributed by atoms with Crippen LogP contribution in [0.2, 0.25) is 0 Å². The molecule has 0 radical (unpaired) electrons. The van der Waals surface area contributed by atoms with E-state index in [4.69, 9.17) is 4.74 Å². The van der Waals surface area contributed by atoms with Gasteiger partial charge in [-0.25, -0.2) is 17.6 Å². The number of ether oxygens (including phenoxy) is 1. The third kappa shape index (κ3) is 5.83. The second-order valence-electron chi connectivity index (χ2n) is 6.80. The van der Waals surface area contributed by atoms with Gasteiger partial charge in [0.15, 0.2) is 23.3 Å². The molecule has 0 fully saturated rings. The fourth-order valence-corrected chi connectivity index (χ4v) is 3.68. The standard InChI is InChI=1S/C23H18F4N2O3S/c1-12(22(30)29-21-19(26)17(24)11-18(25)20(21)27)33-16-5-3-4-14(10-16)28-23(31)13-6-8-15(32-2)9-7-13/h3-12H,1-2H3,(H,28,31)(H,29,30). The minimum atomic E-state index is -1.69. The molecule has 0 saturated carbocycles. The monoisotopic (exact) mass is 478 g/mol. The molecule has 1 unspecified atom stereocenters. The van der Waals surface area contributed by atoms with Crippen LogP contribution in [0.4, 0.5) is 28.9 Å². The summed E-state index contributed by atoms with van der Waals surface area (Å²) in [7, 11) is 1.52. The maximum atomic E-state index is 13.8. The molecule has 33 heavy (non-hydrogen) atoms. The highest BCUT2D eigenvalue weighted by molar-refractivity contribution is 8.00. The zero-order valence-electron chi connectivity index (χ0n) is 17.4. The van der Waals surface area contributed by atoms with Gasteiger partial charge in [-0.15, -0.1) is 11.8 Å². The minimum absolute atomic E-state index is 0.0598. The first-order chi connectivity index (χ1) is 15.7. The van der Waals surface area contributed by atoms with E-state index in [1.54, 1.807) is 48.5 Å².